The second kappa shape index (κ2) is 7.94. The number of amides is 1. The van der Waals surface area contributed by atoms with E-state index in [1.807, 2.05) is 24.4 Å². The molecule has 1 unspecified atom stereocenters. The van der Waals surface area contributed by atoms with Gasteiger partial charge in [0.05, 0.1) is 25.3 Å². The molecule has 7 heteroatoms. The molecule has 6 nitrogen and oxygen atoms in total. The summed E-state index contributed by atoms with van der Waals surface area (Å²) in [4.78, 5) is 27.7. The highest BCUT2D eigenvalue weighted by molar-refractivity contribution is 7.10. The Morgan fingerprint density at radius 1 is 1.26 bits per heavy atom. The van der Waals surface area contributed by atoms with E-state index in [0.717, 1.165) is 10.4 Å². The fourth-order valence-corrected chi connectivity index (χ4v) is 4.06. The van der Waals surface area contributed by atoms with Crippen LogP contribution < -0.4 is 4.74 Å². The van der Waals surface area contributed by atoms with Gasteiger partial charge in [-0.1, -0.05) is 6.07 Å². The van der Waals surface area contributed by atoms with Gasteiger partial charge < -0.3 is 19.5 Å². The molecule has 1 amide bonds. The first-order valence-corrected chi connectivity index (χ1v) is 9.33. The molecule has 0 spiro atoms. The van der Waals surface area contributed by atoms with Crippen molar-refractivity contribution >= 4 is 28.8 Å². The minimum absolute atomic E-state index is 0.104. The van der Waals surface area contributed by atoms with Crippen molar-refractivity contribution in [2.75, 3.05) is 27.4 Å². The van der Waals surface area contributed by atoms with Gasteiger partial charge in [-0.25, -0.2) is 0 Å². The zero-order valence-corrected chi connectivity index (χ0v) is 16.2. The van der Waals surface area contributed by atoms with Crippen molar-refractivity contribution in [3.05, 3.63) is 57.3 Å². The number of hydrogen-bond acceptors (Lipinski definition) is 6. The molecule has 0 aliphatic carbocycles. The first-order valence-electron chi connectivity index (χ1n) is 8.45. The van der Waals surface area contributed by atoms with Gasteiger partial charge in [-0.15, -0.1) is 11.3 Å². The summed E-state index contributed by atoms with van der Waals surface area (Å²) in [5.41, 5.74) is 1.36. The molecule has 1 aliphatic heterocycles. The zero-order valence-electron chi connectivity index (χ0n) is 15.4. The highest BCUT2D eigenvalue weighted by atomic mass is 32.1. The second-order valence-corrected chi connectivity index (χ2v) is 7.16. The van der Waals surface area contributed by atoms with E-state index in [4.69, 9.17) is 9.47 Å². The first-order chi connectivity index (χ1) is 13.0. The molecule has 2 heterocycles. The van der Waals surface area contributed by atoms with Gasteiger partial charge in [0.1, 0.15) is 11.5 Å². The highest BCUT2D eigenvalue weighted by Crippen LogP contribution is 2.41. The predicted octanol–water partition coefficient (Wildman–Crippen LogP) is 3.13. The van der Waals surface area contributed by atoms with Gasteiger partial charge in [-0.05, 0) is 42.1 Å². The summed E-state index contributed by atoms with van der Waals surface area (Å²) in [6.07, 6.45) is 0. The van der Waals surface area contributed by atoms with Crippen molar-refractivity contribution in [1.82, 2.24) is 4.90 Å². The van der Waals surface area contributed by atoms with Gasteiger partial charge in [0.2, 0.25) is 0 Å². The summed E-state index contributed by atoms with van der Waals surface area (Å²) < 4.78 is 10.3. The Morgan fingerprint density at radius 2 is 2.04 bits per heavy atom. The van der Waals surface area contributed by atoms with Crippen LogP contribution in [0.15, 0.2) is 41.3 Å². The Hall–Kier alpha value is -2.64. The zero-order chi connectivity index (χ0) is 19.6. The van der Waals surface area contributed by atoms with Crippen LogP contribution in [0.1, 0.15) is 22.0 Å². The largest absolute Gasteiger partial charge is 0.507 e. The summed E-state index contributed by atoms with van der Waals surface area (Å²) in [6, 6.07) is 8.27. The normalized spacial score (nSPS) is 18.9. The topological polar surface area (TPSA) is 76.1 Å². The van der Waals surface area contributed by atoms with Crippen molar-refractivity contribution in [1.29, 1.82) is 0 Å². The number of benzene rings is 1. The minimum Gasteiger partial charge on any atom is -0.507 e. The van der Waals surface area contributed by atoms with E-state index in [2.05, 4.69) is 0 Å². The van der Waals surface area contributed by atoms with Crippen molar-refractivity contribution in [2.24, 2.45) is 0 Å². The second-order valence-electron chi connectivity index (χ2n) is 6.18. The van der Waals surface area contributed by atoms with Gasteiger partial charge in [0, 0.05) is 24.1 Å². The molecule has 1 N–H and O–H groups in total. The monoisotopic (exact) mass is 387 g/mol. The molecule has 0 bridgehead atoms. The van der Waals surface area contributed by atoms with Crippen molar-refractivity contribution in [3.8, 4) is 5.75 Å². The minimum atomic E-state index is -0.683. The number of nitrogens with zero attached hydrogens (tertiary/aromatic N) is 1. The number of aliphatic hydroxyl groups excluding tert-OH is 1. The number of carbonyl (C=O) groups is 2. The lowest BCUT2D eigenvalue weighted by atomic mass is 9.97. The molecule has 0 saturated carbocycles. The maximum absolute atomic E-state index is 12.8. The average molecular weight is 387 g/mol. The number of carbonyl (C=O) groups excluding carboxylic acids is 2. The molecule has 1 fully saturated rings. The lowest BCUT2D eigenvalue weighted by Crippen LogP contribution is -2.32. The van der Waals surface area contributed by atoms with Gasteiger partial charge in [0.15, 0.2) is 0 Å². The number of hydrogen-bond donors (Lipinski definition) is 1. The maximum atomic E-state index is 12.8. The SMILES string of the molecule is COCCN1C(=O)C(=O)/C(=C(\O)c2ccc(OC)cc2C)C1c1cccs1. The Bertz CT molecular complexity index is 888. The number of likely N-dealkylation sites (tertiary alicyclic amines) is 1. The standard InChI is InChI=1S/C20H21NO5S/c1-12-11-13(26-3)6-7-14(12)18(22)16-17(15-5-4-10-27-15)21(8-9-25-2)20(24)19(16)23/h4-7,10-11,17,22H,8-9H2,1-3H3/b18-16-. The number of Topliss-reactive ketones (excluding diaryl/α,β-unsaturated/α-hetero) is 1. The maximum Gasteiger partial charge on any atom is 0.295 e. The van der Waals surface area contributed by atoms with Crippen LogP contribution in [0, 0.1) is 6.92 Å². The summed E-state index contributed by atoms with van der Waals surface area (Å²) in [5.74, 6) is -0.832. The molecule has 1 aliphatic rings. The quantitative estimate of drug-likeness (QED) is 0.468. The Kier molecular flexibility index (Phi) is 5.62. The van der Waals surface area contributed by atoms with Crippen LogP contribution in [0.3, 0.4) is 0 Å². The summed E-state index contributed by atoms with van der Waals surface area (Å²) in [6.45, 7) is 2.39. The van der Waals surface area contributed by atoms with E-state index in [0.29, 0.717) is 17.9 Å². The molecule has 1 aromatic heterocycles. The van der Waals surface area contributed by atoms with Crippen molar-refractivity contribution in [3.63, 3.8) is 0 Å². The summed E-state index contributed by atoms with van der Waals surface area (Å²) in [7, 11) is 3.10. The first kappa shape index (κ1) is 19.1. The molecule has 1 aromatic carbocycles. The van der Waals surface area contributed by atoms with Crippen molar-refractivity contribution < 1.29 is 24.2 Å². The van der Waals surface area contributed by atoms with Gasteiger partial charge >= 0.3 is 0 Å². The predicted molar refractivity (Wildman–Crippen MR) is 103 cm³/mol. The van der Waals surface area contributed by atoms with Gasteiger partial charge in [-0.2, -0.15) is 0 Å². The van der Waals surface area contributed by atoms with Crippen LogP contribution in [-0.4, -0.2) is 49.1 Å². The third-order valence-corrected chi connectivity index (χ3v) is 5.50. The van der Waals surface area contributed by atoms with Gasteiger partial charge in [-0.3, -0.25) is 9.59 Å². The molecule has 2 aromatic rings. The van der Waals surface area contributed by atoms with E-state index >= 15 is 0 Å². The van der Waals surface area contributed by atoms with E-state index in [1.54, 1.807) is 25.3 Å². The lowest BCUT2D eigenvalue weighted by molar-refractivity contribution is -0.140. The number of ketones is 1. The Morgan fingerprint density at radius 3 is 2.63 bits per heavy atom. The Labute approximate surface area is 161 Å². The number of aryl methyl sites for hydroxylation is 1. The van der Waals surface area contributed by atoms with Crippen molar-refractivity contribution in [2.45, 2.75) is 13.0 Å². The molecule has 142 valence electrons. The lowest BCUT2D eigenvalue weighted by Gasteiger charge is -2.23. The molecule has 1 atom stereocenters. The Balaban J connectivity index is 2.14. The third-order valence-electron chi connectivity index (χ3n) is 4.58. The van der Waals surface area contributed by atoms with E-state index in [9.17, 15) is 14.7 Å². The number of aliphatic hydroxyl groups is 1. The van der Waals surface area contributed by atoms with Crippen LogP contribution in [0.25, 0.3) is 5.76 Å². The fraction of sp³-hybridized carbons (Fsp3) is 0.300. The molecular weight excluding hydrogens is 366 g/mol. The van der Waals surface area contributed by atoms with Crippen LogP contribution >= 0.6 is 11.3 Å². The van der Waals surface area contributed by atoms with Crippen LogP contribution in [0.2, 0.25) is 0 Å². The van der Waals surface area contributed by atoms with E-state index in [1.165, 1.54) is 23.3 Å². The number of rotatable bonds is 6. The van der Waals surface area contributed by atoms with Gasteiger partial charge in [0.25, 0.3) is 11.7 Å². The fourth-order valence-electron chi connectivity index (χ4n) is 3.22. The number of ether oxygens (including phenoxy) is 2. The highest BCUT2D eigenvalue weighted by Gasteiger charge is 2.46. The number of methoxy groups -OCH3 is 2. The number of thiophene rings is 1. The summed E-state index contributed by atoms with van der Waals surface area (Å²) in [5, 5.41) is 12.9. The van der Waals surface area contributed by atoms with Crippen LogP contribution in [-0.2, 0) is 14.3 Å². The third kappa shape index (κ3) is 3.48. The smallest absolute Gasteiger partial charge is 0.295 e. The molecule has 0 radical (unpaired) electrons. The molecule has 27 heavy (non-hydrogen) atoms. The van der Waals surface area contributed by atoms with Crippen LogP contribution in [0.5, 0.6) is 5.75 Å². The van der Waals surface area contributed by atoms with Crippen LogP contribution in [0.4, 0.5) is 0 Å². The molecular formula is C20H21NO5S. The molecule has 1 saturated heterocycles. The molecule has 3 rings (SSSR count). The summed E-state index contributed by atoms with van der Waals surface area (Å²) >= 11 is 1.44. The van der Waals surface area contributed by atoms with E-state index in [-0.39, 0.29) is 17.9 Å². The van der Waals surface area contributed by atoms with E-state index < -0.39 is 17.7 Å². The average Bonchev–Trinajstić information content (AvgIpc) is 3.27.